The quantitative estimate of drug-likeness (QED) is 0.495. The summed E-state index contributed by atoms with van der Waals surface area (Å²) in [5.74, 6) is -0.460. The Kier molecular flexibility index (Phi) is 10.2. The summed E-state index contributed by atoms with van der Waals surface area (Å²) in [6.45, 7) is 8.33. The third-order valence-corrected chi connectivity index (χ3v) is 5.65. The molecule has 34 heavy (non-hydrogen) atoms. The van der Waals surface area contributed by atoms with Crippen LogP contribution in [0.1, 0.15) is 57.2 Å². The van der Waals surface area contributed by atoms with Gasteiger partial charge in [-0.15, -0.1) is 0 Å². The minimum atomic E-state index is -0.840. The highest BCUT2D eigenvalue weighted by molar-refractivity contribution is 5.94. The van der Waals surface area contributed by atoms with Gasteiger partial charge in [-0.25, -0.2) is 4.98 Å². The van der Waals surface area contributed by atoms with Gasteiger partial charge in [-0.1, -0.05) is 42.8 Å². The van der Waals surface area contributed by atoms with Gasteiger partial charge in [0.2, 0.25) is 17.7 Å². The van der Waals surface area contributed by atoms with Crippen LogP contribution >= 0.6 is 0 Å². The SMILES string of the molecule is CCC(C)(C)NC(=O)[C@H](c1ccc(C)cc1)N(CCOC)C(=O)CCC(=O)Nc1ccccn1. The zero-order chi connectivity index (χ0) is 25.1. The average molecular weight is 469 g/mol. The predicted octanol–water partition coefficient (Wildman–Crippen LogP) is 3.63. The van der Waals surface area contributed by atoms with E-state index < -0.39 is 11.6 Å². The number of nitrogens with zero attached hydrogens (tertiary/aromatic N) is 2. The lowest BCUT2D eigenvalue weighted by atomic mass is 9.98. The number of carbonyl (C=O) groups is 3. The van der Waals surface area contributed by atoms with Gasteiger partial charge in [0, 0.05) is 38.2 Å². The molecule has 0 saturated carbocycles. The topological polar surface area (TPSA) is 101 Å². The van der Waals surface area contributed by atoms with Crippen LogP contribution in [0.5, 0.6) is 0 Å². The summed E-state index contributed by atoms with van der Waals surface area (Å²) in [5, 5.41) is 5.75. The second-order valence-electron chi connectivity index (χ2n) is 8.88. The second kappa shape index (κ2) is 12.8. The number of aryl methyl sites for hydroxylation is 1. The van der Waals surface area contributed by atoms with Crippen molar-refractivity contribution in [2.75, 3.05) is 25.6 Å². The van der Waals surface area contributed by atoms with Gasteiger partial charge >= 0.3 is 0 Å². The first-order chi connectivity index (χ1) is 16.2. The molecule has 3 amide bonds. The Balaban J connectivity index is 2.25. The van der Waals surface area contributed by atoms with Crippen molar-refractivity contribution in [3.8, 4) is 0 Å². The Bertz CT molecular complexity index is 945. The van der Waals surface area contributed by atoms with Crippen LogP contribution in [0.3, 0.4) is 0 Å². The summed E-state index contributed by atoms with van der Waals surface area (Å²) in [6.07, 6.45) is 2.24. The normalized spacial score (nSPS) is 12.0. The van der Waals surface area contributed by atoms with E-state index in [1.165, 1.54) is 4.90 Å². The second-order valence-corrected chi connectivity index (χ2v) is 8.88. The first-order valence-electron chi connectivity index (χ1n) is 11.5. The Morgan fingerprint density at radius 1 is 1.09 bits per heavy atom. The van der Waals surface area contributed by atoms with E-state index >= 15 is 0 Å². The third kappa shape index (κ3) is 8.26. The number of aromatic nitrogens is 1. The molecular formula is C26H36N4O4. The molecule has 2 N–H and O–H groups in total. The van der Waals surface area contributed by atoms with Crippen molar-refractivity contribution >= 4 is 23.5 Å². The summed E-state index contributed by atoms with van der Waals surface area (Å²) in [4.78, 5) is 44.7. The molecule has 0 fully saturated rings. The van der Waals surface area contributed by atoms with Crippen molar-refractivity contribution in [3.63, 3.8) is 0 Å². The Labute approximate surface area is 202 Å². The van der Waals surface area contributed by atoms with Gasteiger partial charge in [-0.2, -0.15) is 0 Å². The molecule has 1 heterocycles. The summed E-state index contributed by atoms with van der Waals surface area (Å²) in [5.41, 5.74) is 1.33. The first-order valence-corrected chi connectivity index (χ1v) is 11.5. The number of amides is 3. The van der Waals surface area contributed by atoms with Crippen LogP contribution < -0.4 is 10.6 Å². The molecule has 0 aliphatic carbocycles. The molecule has 0 radical (unpaired) electrons. The maximum atomic E-state index is 13.5. The van der Waals surface area contributed by atoms with Gasteiger partial charge in [0.1, 0.15) is 11.9 Å². The largest absolute Gasteiger partial charge is 0.383 e. The molecule has 8 nitrogen and oxygen atoms in total. The van der Waals surface area contributed by atoms with E-state index in [0.717, 1.165) is 12.0 Å². The molecule has 0 bridgehead atoms. The van der Waals surface area contributed by atoms with Crippen molar-refractivity contribution in [1.82, 2.24) is 15.2 Å². The fourth-order valence-electron chi connectivity index (χ4n) is 3.31. The van der Waals surface area contributed by atoms with Gasteiger partial charge < -0.3 is 20.3 Å². The van der Waals surface area contributed by atoms with Gasteiger partial charge in [-0.3, -0.25) is 14.4 Å². The number of hydrogen-bond acceptors (Lipinski definition) is 5. The molecule has 2 rings (SSSR count). The van der Waals surface area contributed by atoms with E-state index in [4.69, 9.17) is 4.74 Å². The number of methoxy groups -OCH3 is 1. The number of pyridine rings is 1. The van der Waals surface area contributed by atoms with Gasteiger partial charge in [-0.05, 0) is 44.9 Å². The molecular weight excluding hydrogens is 432 g/mol. The maximum absolute atomic E-state index is 13.5. The smallest absolute Gasteiger partial charge is 0.247 e. The molecule has 1 aromatic heterocycles. The summed E-state index contributed by atoms with van der Waals surface area (Å²) < 4.78 is 5.22. The van der Waals surface area contributed by atoms with Crippen molar-refractivity contribution in [1.29, 1.82) is 0 Å². The van der Waals surface area contributed by atoms with Crippen LogP contribution in [0.2, 0.25) is 0 Å². The van der Waals surface area contributed by atoms with E-state index in [-0.39, 0.29) is 43.7 Å². The van der Waals surface area contributed by atoms with Gasteiger partial charge in [0.15, 0.2) is 0 Å². The highest BCUT2D eigenvalue weighted by Crippen LogP contribution is 2.24. The van der Waals surface area contributed by atoms with Crippen LogP contribution in [0.4, 0.5) is 5.82 Å². The highest BCUT2D eigenvalue weighted by Gasteiger charge is 2.33. The zero-order valence-electron chi connectivity index (χ0n) is 20.8. The van der Waals surface area contributed by atoms with Crippen LogP contribution in [0, 0.1) is 6.92 Å². The molecule has 2 aromatic rings. The Hall–Kier alpha value is -3.26. The first kappa shape index (κ1) is 27.0. The lowest BCUT2D eigenvalue weighted by molar-refractivity contribution is -0.142. The van der Waals surface area contributed by atoms with E-state index in [1.807, 2.05) is 52.0 Å². The van der Waals surface area contributed by atoms with Crippen LogP contribution in [-0.4, -0.2) is 53.4 Å². The van der Waals surface area contributed by atoms with Crippen molar-refractivity contribution in [3.05, 3.63) is 59.8 Å². The number of carbonyl (C=O) groups excluding carboxylic acids is 3. The van der Waals surface area contributed by atoms with Crippen LogP contribution in [0.25, 0.3) is 0 Å². The number of hydrogen-bond donors (Lipinski definition) is 2. The number of nitrogens with one attached hydrogen (secondary N) is 2. The maximum Gasteiger partial charge on any atom is 0.247 e. The summed E-state index contributed by atoms with van der Waals surface area (Å²) in [6, 6.07) is 11.9. The fourth-order valence-corrected chi connectivity index (χ4v) is 3.31. The van der Waals surface area contributed by atoms with Crippen LogP contribution in [-0.2, 0) is 19.1 Å². The minimum Gasteiger partial charge on any atom is -0.383 e. The van der Waals surface area contributed by atoms with E-state index in [1.54, 1.807) is 31.5 Å². The molecule has 0 aliphatic rings. The zero-order valence-corrected chi connectivity index (χ0v) is 20.8. The molecule has 1 atom stereocenters. The number of rotatable bonds is 12. The Morgan fingerprint density at radius 3 is 2.38 bits per heavy atom. The molecule has 0 aliphatic heterocycles. The van der Waals surface area contributed by atoms with Crippen molar-refractivity contribution in [2.24, 2.45) is 0 Å². The number of ether oxygens (including phenoxy) is 1. The lowest BCUT2D eigenvalue weighted by Gasteiger charge is -2.34. The minimum absolute atomic E-state index is 0.0262. The average Bonchev–Trinajstić information content (AvgIpc) is 2.81. The summed E-state index contributed by atoms with van der Waals surface area (Å²) in [7, 11) is 1.55. The molecule has 1 aromatic carbocycles. The van der Waals surface area contributed by atoms with E-state index in [9.17, 15) is 14.4 Å². The van der Waals surface area contributed by atoms with Crippen LogP contribution in [0.15, 0.2) is 48.7 Å². The van der Waals surface area contributed by atoms with E-state index in [0.29, 0.717) is 11.4 Å². The predicted molar refractivity (Wildman–Crippen MR) is 132 cm³/mol. The highest BCUT2D eigenvalue weighted by atomic mass is 16.5. The molecule has 8 heteroatoms. The molecule has 0 unspecified atom stereocenters. The van der Waals surface area contributed by atoms with Gasteiger partial charge in [0.25, 0.3) is 0 Å². The fraction of sp³-hybridized carbons (Fsp3) is 0.462. The summed E-state index contributed by atoms with van der Waals surface area (Å²) >= 11 is 0. The lowest BCUT2D eigenvalue weighted by Crippen LogP contribution is -2.51. The van der Waals surface area contributed by atoms with Crippen molar-refractivity contribution in [2.45, 2.75) is 58.5 Å². The molecule has 184 valence electrons. The third-order valence-electron chi connectivity index (χ3n) is 5.65. The Morgan fingerprint density at radius 2 is 1.79 bits per heavy atom. The molecule has 0 spiro atoms. The monoisotopic (exact) mass is 468 g/mol. The van der Waals surface area contributed by atoms with E-state index in [2.05, 4.69) is 15.6 Å². The molecule has 0 saturated heterocycles. The van der Waals surface area contributed by atoms with Crippen molar-refractivity contribution < 1.29 is 19.1 Å². The number of anilines is 1. The number of benzene rings is 1. The van der Waals surface area contributed by atoms with Gasteiger partial charge in [0.05, 0.1) is 6.61 Å². The standard InChI is InChI=1S/C26H36N4O4/c1-6-26(3,4)29-25(33)24(20-12-10-19(2)11-13-20)30(17-18-34-5)23(32)15-14-22(31)28-21-9-7-8-16-27-21/h7-13,16,24H,6,14-15,17-18H2,1-5H3,(H,29,33)(H,27,28,31)/t24-/m0/s1.